The minimum absolute atomic E-state index is 0.297. The summed E-state index contributed by atoms with van der Waals surface area (Å²) in [5, 5.41) is 8.37. The topological polar surface area (TPSA) is 58.4 Å². The van der Waals surface area contributed by atoms with E-state index in [1.807, 2.05) is 37.4 Å². The number of hydrogen-bond donors (Lipinski definition) is 1. The van der Waals surface area contributed by atoms with Crippen molar-refractivity contribution in [3.8, 4) is 22.4 Å². The van der Waals surface area contributed by atoms with Crippen molar-refractivity contribution >= 4 is 22.4 Å². The number of nitrogens with zero attached hydrogens (tertiary/aromatic N) is 4. The molecule has 0 atom stereocenters. The van der Waals surface area contributed by atoms with Crippen LogP contribution in [0.5, 0.6) is 0 Å². The molecule has 5 rings (SSSR count). The van der Waals surface area contributed by atoms with Gasteiger partial charge in [-0.25, -0.2) is 14.2 Å². The summed E-state index contributed by atoms with van der Waals surface area (Å²) in [5.74, 6) is 0.613. The molecule has 0 saturated carbocycles. The first-order valence-corrected chi connectivity index (χ1v) is 11.6. The number of aryl methyl sites for hydroxylation is 2. The Morgan fingerprint density at radius 1 is 1.18 bits per heavy atom. The van der Waals surface area contributed by atoms with Crippen LogP contribution < -0.4 is 4.90 Å². The minimum Gasteiger partial charge on any atom is -0.378 e. The highest BCUT2D eigenvalue weighted by Gasteiger charge is 2.19. The maximum Gasteiger partial charge on any atom is 0.197 e. The van der Waals surface area contributed by atoms with Gasteiger partial charge in [-0.1, -0.05) is 25.5 Å². The van der Waals surface area contributed by atoms with E-state index in [9.17, 15) is 0 Å². The molecule has 0 bridgehead atoms. The number of ether oxygens (including phenoxy) is 1. The fourth-order valence-corrected chi connectivity index (χ4v) is 4.66. The molecule has 2 aromatic carbocycles. The van der Waals surface area contributed by atoms with Crippen molar-refractivity contribution in [3.05, 3.63) is 71.0 Å². The first-order valence-electron chi connectivity index (χ1n) is 11.6. The molecule has 172 valence electrons. The van der Waals surface area contributed by atoms with Crippen molar-refractivity contribution in [2.75, 3.05) is 31.2 Å². The smallest absolute Gasteiger partial charge is 0.197 e. The Morgan fingerprint density at radius 2 is 2.00 bits per heavy atom. The standard InChI is InChI=1S/C27H26FN5O/c1-4-5-18-12-17(2)26(22(28)13-18)20-14-21-24(15-23(20)29-3)31-32-27(21)19-6-7-25(30-16-19)33-8-10-34-11-9-33/h6-7,12-16H,4-5,8-11H2,1-2H3,(H,31,32). The molecule has 1 saturated heterocycles. The molecule has 2 aromatic heterocycles. The number of H-pyrrole nitrogens is 1. The van der Waals surface area contributed by atoms with Crippen molar-refractivity contribution in [3.63, 3.8) is 0 Å². The number of nitrogens with one attached hydrogen (secondary N) is 1. The molecule has 1 N–H and O–H groups in total. The highest BCUT2D eigenvalue weighted by atomic mass is 19.1. The van der Waals surface area contributed by atoms with E-state index in [1.54, 1.807) is 12.1 Å². The first-order chi connectivity index (χ1) is 16.6. The van der Waals surface area contributed by atoms with Crippen LogP contribution in [0.1, 0.15) is 24.5 Å². The maximum absolute atomic E-state index is 15.3. The first kappa shape index (κ1) is 22.1. The Kier molecular flexibility index (Phi) is 5.99. The number of pyridine rings is 1. The average molecular weight is 456 g/mol. The van der Waals surface area contributed by atoms with Crippen LogP contribution >= 0.6 is 0 Å². The SMILES string of the molecule is [C-]#[N+]c1cc2[nH]nc(-c3ccc(N4CCOCC4)nc3)c2cc1-c1c(C)cc(CCC)cc1F. The highest BCUT2D eigenvalue weighted by molar-refractivity contribution is 6.00. The summed E-state index contributed by atoms with van der Waals surface area (Å²) in [7, 11) is 0. The third kappa shape index (κ3) is 4.02. The van der Waals surface area contributed by atoms with Gasteiger partial charge in [-0.2, -0.15) is 5.10 Å². The molecule has 6 nitrogen and oxygen atoms in total. The zero-order valence-corrected chi connectivity index (χ0v) is 19.4. The lowest BCUT2D eigenvalue weighted by molar-refractivity contribution is 0.122. The lowest BCUT2D eigenvalue weighted by Gasteiger charge is -2.27. The molecule has 0 amide bonds. The molecule has 0 radical (unpaired) electrons. The second-order valence-corrected chi connectivity index (χ2v) is 8.62. The van der Waals surface area contributed by atoms with Gasteiger partial charge in [0.05, 0.1) is 25.3 Å². The van der Waals surface area contributed by atoms with Crippen LogP contribution in [0.3, 0.4) is 0 Å². The van der Waals surface area contributed by atoms with Crippen molar-refractivity contribution in [1.82, 2.24) is 15.2 Å². The van der Waals surface area contributed by atoms with E-state index < -0.39 is 0 Å². The summed E-state index contributed by atoms with van der Waals surface area (Å²) in [5.41, 5.74) is 5.59. The molecule has 34 heavy (non-hydrogen) atoms. The molecule has 1 aliphatic rings. The summed E-state index contributed by atoms with van der Waals surface area (Å²) in [6.45, 7) is 14.7. The Morgan fingerprint density at radius 3 is 2.68 bits per heavy atom. The monoisotopic (exact) mass is 455 g/mol. The summed E-state index contributed by atoms with van der Waals surface area (Å²) in [6, 6.07) is 11.2. The summed E-state index contributed by atoms with van der Waals surface area (Å²) < 4.78 is 20.7. The Hall–Kier alpha value is -3.76. The lowest BCUT2D eigenvalue weighted by Crippen LogP contribution is -2.36. The van der Waals surface area contributed by atoms with Gasteiger partial charge in [0.2, 0.25) is 0 Å². The van der Waals surface area contributed by atoms with Gasteiger partial charge in [0, 0.05) is 35.8 Å². The Bertz CT molecular complexity index is 1360. The van der Waals surface area contributed by atoms with Gasteiger partial charge in [0.15, 0.2) is 5.69 Å². The van der Waals surface area contributed by atoms with Gasteiger partial charge in [0.25, 0.3) is 0 Å². The number of anilines is 1. The van der Waals surface area contributed by atoms with E-state index in [4.69, 9.17) is 11.3 Å². The van der Waals surface area contributed by atoms with E-state index in [2.05, 4.69) is 31.9 Å². The predicted octanol–water partition coefficient (Wildman–Crippen LogP) is 6.08. The van der Waals surface area contributed by atoms with Crippen LogP contribution in [-0.4, -0.2) is 41.5 Å². The third-order valence-electron chi connectivity index (χ3n) is 6.31. The predicted molar refractivity (Wildman–Crippen MR) is 133 cm³/mol. The van der Waals surface area contributed by atoms with Crippen molar-refractivity contribution in [2.45, 2.75) is 26.7 Å². The molecule has 7 heteroatoms. The molecule has 1 aliphatic heterocycles. The van der Waals surface area contributed by atoms with E-state index in [0.717, 1.165) is 65.0 Å². The van der Waals surface area contributed by atoms with Crippen LogP contribution in [-0.2, 0) is 11.2 Å². The zero-order chi connectivity index (χ0) is 23.7. The van der Waals surface area contributed by atoms with Crippen LogP contribution in [0.2, 0.25) is 0 Å². The van der Waals surface area contributed by atoms with Gasteiger partial charge in [-0.15, -0.1) is 0 Å². The molecule has 0 spiro atoms. The van der Waals surface area contributed by atoms with Gasteiger partial charge >= 0.3 is 0 Å². The molecule has 0 aliphatic carbocycles. The van der Waals surface area contributed by atoms with Crippen molar-refractivity contribution in [1.29, 1.82) is 0 Å². The zero-order valence-electron chi connectivity index (χ0n) is 19.4. The van der Waals surface area contributed by atoms with Crippen LogP contribution in [0.15, 0.2) is 42.6 Å². The maximum atomic E-state index is 15.3. The summed E-state index contributed by atoms with van der Waals surface area (Å²) in [4.78, 5) is 10.5. The van der Waals surface area contributed by atoms with Crippen molar-refractivity contribution < 1.29 is 9.13 Å². The van der Waals surface area contributed by atoms with E-state index in [-0.39, 0.29) is 5.82 Å². The number of hydrogen-bond acceptors (Lipinski definition) is 4. The lowest BCUT2D eigenvalue weighted by atomic mass is 9.93. The van der Waals surface area contributed by atoms with E-state index in [0.29, 0.717) is 30.0 Å². The Labute approximate surface area is 198 Å². The van der Waals surface area contributed by atoms with Gasteiger partial charge in [-0.3, -0.25) is 5.10 Å². The van der Waals surface area contributed by atoms with E-state index in [1.165, 1.54) is 0 Å². The number of aromatic nitrogens is 3. The summed E-state index contributed by atoms with van der Waals surface area (Å²) in [6.07, 6.45) is 3.59. The number of benzene rings is 2. The number of rotatable bonds is 5. The van der Waals surface area contributed by atoms with Crippen LogP contribution in [0, 0.1) is 19.3 Å². The van der Waals surface area contributed by atoms with Gasteiger partial charge in [-0.05, 0) is 54.3 Å². The number of fused-ring (bicyclic) bond motifs is 1. The Balaban J connectivity index is 1.58. The van der Waals surface area contributed by atoms with Crippen LogP contribution in [0.25, 0.3) is 38.1 Å². The van der Waals surface area contributed by atoms with Crippen molar-refractivity contribution in [2.24, 2.45) is 0 Å². The van der Waals surface area contributed by atoms with Gasteiger partial charge < -0.3 is 9.64 Å². The van der Waals surface area contributed by atoms with E-state index >= 15 is 4.39 Å². The second-order valence-electron chi connectivity index (χ2n) is 8.62. The normalized spacial score (nSPS) is 13.9. The number of aromatic amines is 1. The quantitative estimate of drug-likeness (QED) is 0.371. The largest absolute Gasteiger partial charge is 0.378 e. The molecule has 3 heterocycles. The van der Waals surface area contributed by atoms with Gasteiger partial charge in [0.1, 0.15) is 17.3 Å². The molecule has 1 fully saturated rings. The average Bonchev–Trinajstić information content (AvgIpc) is 3.27. The molecule has 0 unspecified atom stereocenters. The molecule has 4 aromatic rings. The minimum atomic E-state index is -0.297. The second kappa shape index (κ2) is 9.24. The highest BCUT2D eigenvalue weighted by Crippen LogP contribution is 2.40. The number of halogens is 1. The molecular weight excluding hydrogens is 429 g/mol. The fourth-order valence-electron chi connectivity index (χ4n) is 4.66. The third-order valence-corrected chi connectivity index (χ3v) is 6.31. The van der Waals surface area contributed by atoms with Crippen LogP contribution in [0.4, 0.5) is 15.9 Å². The summed E-state index contributed by atoms with van der Waals surface area (Å²) >= 11 is 0. The number of morpholine rings is 1. The fraction of sp³-hybridized carbons (Fsp3) is 0.296. The molecular formula is C27H26FN5O.